The summed E-state index contributed by atoms with van der Waals surface area (Å²) in [6.45, 7) is -1.33. The molecule has 11 heteroatoms. The summed E-state index contributed by atoms with van der Waals surface area (Å²) in [4.78, 5) is 15.6. The van der Waals surface area contributed by atoms with E-state index in [-0.39, 0.29) is 21.9 Å². The zero-order valence-corrected chi connectivity index (χ0v) is 11.5. The standard InChI is InChI=1S/C10H10ClF3N6O/c1-19-5-16-7(18-19)3-15-6-2-17-20(4-10(12,13)14)9(21)8(6)11/h2,5,15H,3-4H2,1H3. The maximum atomic E-state index is 12.2. The minimum absolute atomic E-state index is 0.118. The molecule has 0 bridgehead atoms. The summed E-state index contributed by atoms with van der Waals surface area (Å²) in [5.74, 6) is 0.438. The molecule has 2 aromatic heterocycles. The van der Waals surface area contributed by atoms with Crippen LogP contribution in [0.25, 0.3) is 0 Å². The molecule has 114 valence electrons. The topological polar surface area (TPSA) is 77.6 Å². The average Bonchev–Trinajstić information content (AvgIpc) is 2.79. The Bertz CT molecular complexity index is 695. The number of nitrogens with one attached hydrogen (secondary N) is 1. The molecule has 0 amide bonds. The van der Waals surface area contributed by atoms with E-state index in [2.05, 4.69) is 20.5 Å². The summed E-state index contributed by atoms with van der Waals surface area (Å²) in [5, 5.41) is 9.80. The number of alkyl halides is 3. The summed E-state index contributed by atoms with van der Waals surface area (Å²) < 4.78 is 38.5. The van der Waals surface area contributed by atoms with Crippen molar-refractivity contribution in [3.8, 4) is 0 Å². The van der Waals surface area contributed by atoms with Gasteiger partial charge in [-0.3, -0.25) is 9.48 Å². The van der Waals surface area contributed by atoms with Crippen LogP contribution in [0.2, 0.25) is 5.02 Å². The van der Waals surface area contributed by atoms with E-state index in [1.165, 1.54) is 11.0 Å². The van der Waals surface area contributed by atoms with E-state index in [4.69, 9.17) is 11.6 Å². The van der Waals surface area contributed by atoms with Gasteiger partial charge in [0.1, 0.15) is 17.9 Å². The van der Waals surface area contributed by atoms with Crippen LogP contribution >= 0.6 is 11.6 Å². The van der Waals surface area contributed by atoms with Crippen molar-refractivity contribution < 1.29 is 13.2 Å². The van der Waals surface area contributed by atoms with E-state index in [9.17, 15) is 18.0 Å². The summed E-state index contributed by atoms with van der Waals surface area (Å²) in [6, 6.07) is 0. The maximum absolute atomic E-state index is 12.2. The molecule has 0 unspecified atom stereocenters. The van der Waals surface area contributed by atoms with Gasteiger partial charge >= 0.3 is 6.18 Å². The van der Waals surface area contributed by atoms with Gasteiger partial charge in [-0.2, -0.15) is 23.4 Å². The molecule has 2 aromatic rings. The Balaban J connectivity index is 2.15. The minimum atomic E-state index is -4.55. The quantitative estimate of drug-likeness (QED) is 0.915. The average molecular weight is 323 g/mol. The van der Waals surface area contributed by atoms with Crippen molar-refractivity contribution in [2.24, 2.45) is 7.05 Å². The highest BCUT2D eigenvalue weighted by atomic mass is 35.5. The third-order valence-corrected chi connectivity index (χ3v) is 2.76. The predicted octanol–water partition coefficient (Wildman–Crippen LogP) is 1.20. The van der Waals surface area contributed by atoms with Crippen molar-refractivity contribution in [3.05, 3.63) is 33.7 Å². The van der Waals surface area contributed by atoms with E-state index in [0.717, 1.165) is 6.20 Å². The van der Waals surface area contributed by atoms with Gasteiger partial charge < -0.3 is 5.32 Å². The van der Waals surface area contributed by atoms with Gasteiger partial charge in [0.15, 0.2) is 5.82 Å². The van der Waals surface area contributed by atoms with Gasteiger partial charge in [0.2, 0.25) is 0 Å². The highest BCUT2D eigenvalue weighted by molar-refractivity contribution is 6.32. The molecular weight excluding hydrogens is 313 g/mol. The van der Waals surface area contributed by atoms with Crippen molar-refractivity contribution in [1.29, 1.82) is 0 Å². The van der Waals surface area contributed by atoms with Gasteiger partial charge in [0.05, 0.1) is 18.4 Å². The SMILES string of the molecule is Cn1cnc(CNc2cnn(CC(F)(F)F)c(=O)c2Cl)n1. The fourth-order valence-electron chi connectivity index (χ4n) is 1.51. The van der Waals surface area contributed by atoms with E-state index in [0.29, 0.717) is 5.82 Å². The summed E-state index contributed by atoms with van der Waals surface area (Å²) in [5.41, 5.74) is -0.902. The first-order chi connectivity index (χ1) is 9.76. The first-order valence-electron chi connectivity index (χ1n) is 5.67. The molecule has 0 saturated heterocycles. The molecule has 0 aliphatic rings. The molecule has 0 atom stereocenters. The highest BCUT2D eigenvalue weighted by Gasteiger charge is 2.29. The molecule has 0 fully saturated rings. The van der Waals surface area contributed by atoms with Crippen LogP contribution in [-0.2, 0) is 20.1 Å². The van der Waals surface area contributed by atoms with Crippen LogP contribution in [0.4, 0.5) is 18.9 Å². The zero-order valence-electron chi connectivity index (χ0n) is 10.7. The largest absolute Gasteiger partial charge is 0.408 e. The molecule has 0 aliphatic carbocycles. The molecule has 0 radical (unpaired) electrons. The molecular formula is C10H10ClF3N6O. The minimum Gasteiger partial charge on any atom is -0.375 e. The van der Waals surface area contributed by atoms with E-state index < -0.39 is 18.3 Å². The lowest BCUT2D eigenvalue weighted by Gasteiger charge is -2.10. The molecule has 7 nitrogen and oxygen atoms in total. The van der Waals surface area contributed by atoms with Gasteiger partial charge in [0.25, 0.3) is 5.56 Å². The number of hydrogen-bond acceptors (Lipinski definition) is 5. The van der Waals surface area contributed by atoms with Gasteiger partial charge in [-0.1, -0.05) is 11.6 Å². The van der Waals surface area contributed by atoms with Crippen LogP contribution in [0.3, 0.4) is 0 Å². The van der Waals surface area contributed by atoms with Crippen LogP contribution in [-0.4, -0.2) is 30.7 Å². The Labute approximate surface area is 121 Å². The first-order valence-corrected chi connectivity index (χ1v) is 6.05. The van der Waals surface area contributed by atoms with Gasteiger partial charge in [-0.05, 0) is 0 Å². The number of halogens is 4. The lowest BCUT2D eigenvalue weighted by atomic mass is 10.4. The van der Waals surface area contributed by atoms with Crippen molar-refractivity contribution in [2.45, 2.75) is 19.3 Å². The van der Waals surface area contributed by atoms with Gasteiger partial charge in [-0.15, -0.1) is 0 Å². The zero-order chi connectivity index (χ0) is 15.6. The first kappa shape index (κ1) is 15.3. The third kappa shape index (κ3) is 3.94. The normalized spacial score (nSPS) is 11.7. The second-order valence-corrected chi connectivity index (χ2v) is 4.52. The smallest absolute Gasteiger partial charge is 0.375 e. The number of aryl methyl sites for hydroxylation is 1. The van der Waals surface area contributed by atoms with Crippen LogP contribution in [0.15, 0.2) is 17.3 Å². The molecule has 2 rings (SSSR count). The lowest BCUT2D eigenvalue weighted by molar-refractivity contribution is -0.143. The van der Waals surface area contributed by atoms with Gasteiger partial charge in [0, 0.05) is 7.05 Å². The fraction of sp³-hybridized carbons (Fsp3) is 0.400. The van der Waals surface area contributed by atoms with Crippen molar-refractivity contribution in [2.75, 3.05) is 5.32 Å². The third-order valence-electron chi connectivity index (χ3n) is 2.40. The molecule has 1 N–H and O–H groups in total. The number of rotatable bonds is 4. The highest BCUT2D eigenvalue weighted by Crippen LogP contribution is 2.19. The van der Waals surface area contributed by atoms with Crippen molar-refractivity contribution >= 4 is 17.3 Å². The number of nitrogens with zero attached hydrogens (tertiary/aromatic N) is 5. The Morgan fingerprint density at radius 1 is 1.43 bits per heavy atom. The monoisotopic (exact) mass is 322 g/mol. The van der Waals surface area contributed by atoms with Gasteiger partial charge in [-0.25, -0.2) is 9.67 Å². The Hall–Kier alpha value is -2.10. The Kier molecular flexibility index (Phi) is 4.16. The van der Waals surface area contributed by atoms with Crippen molar-refractivity contribution in [1.82, 2.24) is 24.5 Å². The second-order valence-electron chi connectivity index (χ2n) is 4.14. The molecule has 0 aliphatic heterocycles. The van der Waals surface area contributed by atoms with Crippen LogP contribution in [0.1, 0.15) is 5.82 Å². The number of aromatic nitrogens is 5. The number of hydrogen-bond donors (Lipinski definition) is 1. The number of anilines is 1. The van der Waals surface area contributed by atoms with E-state index in [1.54, 1.807) is 7.05 Å². The molecule has 21 heavy (non-hydrogen) atoms. The van der Waals surface area contributed by atoms with E-state index >= 15 is 0 Å². The molecule has 0 saturated carbocycles. The van der Waals surface area contributed by atoms with Crippen LogP contribution in [0.5, 0.6) is 0 Å². The molecule has 0 spiro atoms. The van der Waals surface area contributed by atoms with Crippen LogP contribution in [0, 0.1) is 0 Å². The fourth-order valence-corrected chi connectivity index (χ4v) is 1.72. The predicted molar refractivity (Wildman–Crippen MR) is 67.9 cm³/mol. The van der Waals surface area contributed by atoms with E-state index in [1.807, 2.05) is 0 Å². The van der Waals surface area contributed by atoms with Crippen molar-refractivity contribution in [3.63, 3.8) is 0 Å². The maximum Gasteiger partial charge on any atom is 0.408 e. The lowest BCUT2D eigenvalue weighted by Crippen LogP contribution is -2.30. The summed E-state index contributed by atoms with van der Waals surface area (Å²) in [7, 11) is 1.68. The second kappa shape index (κ2) is 5.72. The molecule has 2 heterocycles. The van der Waals surface area contributed by atoms with Crippen LogP contribution < -0.4 is 10.9 Å². The molecule has 0 aromatic carbocycles. The summed E-state index contributed by atoms with van der Waals surface area (Å²) in [6.07, 6.45) is -2.01. The Morgan fingerprint density at radius 2 is 2.14 bits per heavy atom. The Morgan fingerprint density at radius 3 is 2.71 bits per heavy atom. The summed E-state index contributed by atoms with van der Waals surface area (Å²) >= 11 is 5.75.